The van der Waals surface area contributed by atoms with Crippen LogP contribution < -0.4 is 5.32 Å². The maximum Gasteiger partial charge on any atom is 0.219 e. The molecule has 7 heteroatoms. The smallest absolute Gasteiger partial charge is 0.219 e. The molecule has 1 aliphatic rings. The SMILES string of the molecule is CCNC(=O)CCC/C=C/CC1C(O)CC(O)C1/C=C/C(O)CCc1cc(Br)c(C)s1. The minimum Gasteiger partial charge on any atom is -0.393 e. The molecule has 1 aromatic heterocycles. The molecule has 0 radical (unpaired) electrons. The van der Waals surface area contributed by atoms with Gasteiger partial charge in [0.05, 0.1) is 18.3 Å². The van der Waals surface area contributed by atoms with Crippen LogP contribution in [0.3, 0.4) is 0 Å². The Morgan fingerprint density at radius 1 is 1.35 bits per heavy atom. The maximum atomic E-state index is 11.5. The Morgan fingerprint density at radius 3 is 2.81 bits per heavy atom. The second-order valence-electron chi connectivity index (χ2n) is 8.27. The highest BCUT2D eigenvalue weighted by Crippen LogP contribution is 2.36. The van der Waals surface area contributed by atoms with Gasteiger partial charge in [-0.25, -0.2) is 0 Å². The molecule has 0 spiro atoms. The van der Waals surface area contributed by atoms with Crippen LogP contribution in [-0.4, -0.2) is 46.1 Å². The van der Waals surface area contributed by atoms with E-state index in [1.165, 1.54) is 9.75 Å². The Labute approximate surface area is 198 Å². The molecule has 1 amide bonds. The lowest BCUT2D eigenvalue weighted by atomic mass is 9.89. The van der Waals surface area contributed by atoms with E-state index in [9.17, 15) is 20.1 Å². The van der Waals surface area contributed by atoms with Gasteiger partial charge in [-0.2, -0.15) is 0 Å². The number of rotatable bonds is 12. The number of unbranched alkanes of at least 4 members (excludes halogenated alkanes) is 1. The second-order valence-corrected chi connectivity index (χ2v) is 10.5. The van der Waals surface area contributed by atoms with Crippen molar-refractivity contribution in [1.82, 2.24) is 5.32 Å². The molecule has 5 atom stereocenters. The lowest BCUT2D eigenvalue weighted by Crippen LogP contribution is -2.21. The van der Waals surface area contributed by atoms with Gasteiger partial charge in [-0.3, -0.25) is 4.79 Å². The summed E-state index contributed by atoms with van der Waals surface area (Å²) in [4.78, 5) is 13.9. The molecule has 0 saturated heterocycles. The third-order valence-electron chi connectivity index (χ3n) is 5.79. The fraction of sp³-hybridized carbons (Fsp3) is 0.625. The van der Waals surface area contributed by atoms with Crippen LogP contribution in [0, 0.1) is 18.8 Å². The first kappa shape index (κ1) is 26.3. The Kier molecular flexibility index (Phi) is 11.5. The van der Waals surface area contributed by atoms with Gasteiger partial charge in [-0.15, -0.1) is 11.3 Å². The number of halogens is 1. The minimum absolute atomic E-state index is 0.0611. The number of thiophene rings is 1. The van der Waals surface area contributed by atoms with Crippen LogP contribution in [0.15, 0.2) is 34.8 Å². The van der Waals surface area contributed by atoms with Gasteiger partial charge < -0.3 is 20.6 Å². The summed E-state index contributed by atoms with van der Waals surface area (Å²) in [5, 5.41) is 33.9. The molecular weight excluding hydrogens is 478 g/mol. The zero-order valence-corrected chi connectivity index (χ0v) is 20.9. The summed E-state index contributed by atoms with van der Waals surface area (Å²) in [5.74, 6) is -0.146. The van der Waals surface area contributed by atoms with Crippen LogP contribution in [0.25, 0.3) is 0 Å². The Balaban J connectivity index is 1.79. The van der Waals surface area contributed by atoms with Crippen molar-refractivity contribution in [3.63, 3.8) is 0 Å². The molecule has 0 aromatic carbocycles. The number of aliphatic hydroxyl groups is 3. The molecule has 1 aliphatic carbocycles. The van der Waals surface area contributed by atoms with E-state index in [4.69, 9.17) is 0 Å². The molecule has 1 saturated carbocycles. The van der Waals surface area contributed by atoms with Gasteiger partial charge in [-0.1, -0.05) is 24.3 Å². The Bertz CT molecular complexity index is 728. The Morgan fingerprint density at radius 2 is 2.13 bits per heavy atom. The fourth-order valence-electron chi connectivity index (χ4n) is 4.03. The summed E-state index contributed by atoms with van der Waals surface area (Å²) in [6.07, 6.45) is 10.6. The molecule has 31 heavy (non-hydrogen) atoms. The van der Waals surface area contributed by atoms with E-state index in [1.807, 2.05) is 25.2 Å². The van der Waals surface area contributed by atoms with Crippen molar-refractivity contribution in [2.24, 2.45) is 11.8 Å². The lowest BCUT2D eigenvalue weighted by Gasteiger charge is -2.19. The van der Waals surface area contributed by atoms with Crippen molar-refractivity contribution in [2.45, 2.75) is 77.1 Å². The van der Waals surface area contributed by atoms with Gasteiger partial charge in [0.1, 0.15) is 0 Å². The first-order valence-electron chi connectivity index (χ1n) is 11.2. The largest absolute Gasteiger partial charge is 0.393 e. The van der Waals surface area contributed by atoms with Crippen molar-refractivity contribution < 1.29 is 20.1 Å². The lowest BCUT2D eigenvalue weighted by molar-refractivity contribution is -0.121. The first-order valence-corrected chi connectivity index (χ1v) is 12.8. The van der Waals surface area contributed by atoms with Gasteiger partial charge in [0.2, 0.25) is 5.91 Å². The number of aliphatic hydroxyl groups excluding tert-OH is 3. The standard InChI is InChI=1S/C24H36BrNO4S/c1-3-26-24(30)9-7-5-4-6-8-19-20(23(29)15-22(19)28)13-11-17(27)10-12-18-14-21(25)16(2)31-18/h4,6,11,13-14,17,19-20,22-23,27-29H,3,5,7-10,12,15H2,1-2H3,(H,26,30)/b6-4+,13-11+. The zero-order chi connectivity index (χ0) is 22.8. The molecule has 1 aromatic rings. The summed E-state index contributed by atoms with van der Waals surface area (Å²) in [6, 6.07) is 2.10. The molecule has 0 aliphatic heterocycles. The predicted molar refractivity (Wildman–Crippen MR) is 130 cm³/mol. The van der Waals surface area contributed by atoms with Crippen LogP contribution in [0.4, 0.5) is 0 Å². The quantitative estimate of drug-likeness (QED) is 0.248. The van der Waals surface area contributed by atoms with Crippen LogP contribution in [0.5, 0.6) is 0 Å². The topological polar surface area (TPSA) is 89.8 Å². The number of amides is 1. The molecule has 174 valence electrons. The highest BCUT2D eigenvalue weighted by atomic mass is 79.9. The van der Waals surface area contributed by atoms with Crippen LogP contribution in [-0.2, 0) is 11.2 Å². The highest BCUT2D eigenvalue weighted by molar-refractivity contribution is 9.10. The van der Waals surface area contributed by atoms with E-state index in [0.29, 0.717) is 32.2 Å². The minimum atomic E-state index is -0.592. The van der Waals surface area contributed by atoms with Gasteiger partial charge >= 0.3 is 0 Å². The number of hydrogen-bond donors (Lipinski definition) is 4. The highest BCUT2D eigenvalue weighted by Gasteiger charge is 2.39. The summed E-state index contributed by atoms with van der Waals surface area (Å²) >= 11 is 5.26. The van der Waals surface area contributed by atoms with Gasteiger partial charge in [-0.05, 0) is 73.9 Å². The van der Waals surface area contributed by atoms with Crippen molar-refractivity contribution >= 4 is 33.2 Å². The molecule has 1 fully saturated rings. The van der Waals surface area contributed by atoms with Crippen molar-refractivity contribution in [1.29, 1.82) is 0 Å². The van der Waals surface area contributed by atoms with Gasteiger partial charge in [0.25, 0.3) is 0 Å². The average molecular weight is 515 g/mol. The molecular formula is C24H36BrNO4S. The molecule has 5 nitrogen and oxygen atoms in total. The summed E-state index contributed by atoms with van der Waals surface area (Å²) in [6.45, 7) is 4.64. The van der Waals surface area contributed by atoms with Crippen LogP contribution in [0.2, 0.25) is 0 Å². The van der Waals surface area contributed by atoms with E-state index >= 15 is 0 Å². The van der Waals surface area contributed by atoms with Gasteiger partial charge in [0, 0.05) is 39.5 Å². The van der Waals surface area contributed by atoms with Crippen molar-refractivity contribution in [3.8, 4) is 0 Å². The molecule has 2 rings (SSSR count). The van der Waals surface area contributed by atoms with E-state index in [1.54, 1.807) is 17.4 Å². The molecule has 4 N–H and O–H groups in total. The number of allylic oxidation sites excluding steroid dienone is 2. The normalized spacial score (nSPS) is 25.0. The van der Waals surface area contributed by atoms with E-state index in [2.05, 4.69) is 34.2 Å². The number of aryl methyl sites for hydroxylation is 2. The van der Waals surface area contributed by atoms with Crippen LogP contribution >= 0.6 is 27.3 Å². The zero-order valence-electron chi connectivity index (χ0n) is 18.5. The monoisotopic (exact) mass is 513 g/mol. The third kappa shape index (κ3) is 8.81. The van der Waals surface area contributed by atoms with E-state index in [-0.39, 0.29) is 17.7 Å². The predicted octanol–water partition coefficient (Wildman–Crippen LogP) is 4.28. The first-order chi connectivity index (χ1) is 14.8. The summed E-state index contributed by atoms with van der Waals surface area (Å²) < 4.78 is 1.11. The third-order valence-corrected chi connectivity index (χ3v) is 7.99. The number of hydrogen-bond acceptors (Lipinski definition) is 5. The average Bonchev–Trinajstić information content (AvgIpc) is 3.18. The molecule has 1 heterocycles. The maximum absolute atomic E-state index is 11.5. The van der Waals surface area contributed by atoms with E-state index in [0.717, 1.165) is 23.7 Å². The second kappa shape index (κ2) is 13.5. The molecule has 0 bridgehead atoms. The number of carbonyl (C=O) groups excluding carboxylic acids is 1. The van der Waals surface area contributed by atoms with Crippen molar-refractivity contribution in [2.75, 3.05) is 6.54 Å². The van der Waals surface area contributed by atoms with Crippen molar-refractivity contribution in [3.05, 3.63) is 44.6 Å². The number of nitrogens with one attached hydrogen (secondary N) is 1. The summed E-state index contributed by atoms with van der Waals surface area (Å²) in [5.41, 5.74) is 0. The number of carbonyl (C=O) groups is 1. The van der Waals surface area contributed by atoms with E-state index < -0.39 is 18.3 Å². The van der Waals surface area contributed by atoms with Gasteiger partial charge in [0.15, 0.2) is 0 Å². The fourth-order valence-corrected chi connectivity index (χ4v) is 5.64. The molecule has 5 unspecified atom stereocenters. The Hall–Kier alpha value is -0.990. The summed E-state index contributed by atoms with van der Waals surface area (Å²) in [7, 11) is 0. The van der Waals surface area contributed by atoms with Crippen LogP contribution in [0.1, 0.15) is 55.2 Å².